The molecule has 5 heteroatoms. The molecule has 0 saturated heterocycles. The largest absolute Gasteiger partial charge is 0.465 e. The van der Waals surface area contributed by atoms with Gasteiger partial charge in [-0.3, -0.25) is 0 Å². The summed E-state index contributed by atoms with van der Waals surface area (Å²) in [4.78, 5) is 13.6. The van der Waals surface area contributed by atoms with E-state index < -0.39 is 5.97 Å². The number of rotatable bonds is 4. The van der Waals surface area contributed by atoms with Gasteiger partial charge < -0.3 is 15.4 Å². The highest BCUT2D eigenvalue weighted by molar-refractivity contribution is 5.97. The molecule has 0 heterocycles. The van der Waals surface area contributed by atoms with Crippen LogP contribution in [0.25, 0.3) is 0 Å². The Kier molecular flexibility index (Phi) is 4.76. The van der Waals surface area contributed by atoms with E-state index >= 15 is 0 Å². The van der Waals surface area contributed by atoms with Gasteiger partial charge in [0.15, 0.2) is 0 Å². The summed E-state index contributed by atoms with van der Waals surface area (Å²) in [6, 6.07) is 5.78. The van der Waals surface area contributed by atoms with Crippen LogP contribution in [-0.2, 0) is 4.74 Å². The van der Waals surface area contributed by atoms with Gasteiger partial charge in [0.25, 0.3) is 0 Å². The molecule has 1 aromatic rings. The molecule has 0 saturated carbocycles. The first-order valence-corrected chi connectivity index (χ1v) is 6.00. The summed E-state index contributed by atoms with van der Waals surface area (Å²) in [5, 5.41) is 8.74. The SMILES string of the molecule is COC(=O)c1cc(N(C)C(C)CC#N)cc(C)c1N. The second kappa shape index (κ2) is 6.10. The molecule has 0 aliphatic carbocycles. The van der Waals surface area contributed by atoms with E-state index in [4.69, 9.17) is 15.7 Å². The van der Waals surface area contributed by atoms with Crippen molar-refractivity contribution in [2.45, 2.75) is 26.3 Å². The molecule has 1 rings (SSSR count). The highest BCUT2D eigenvalue weighted by atomic mass is 16.5. The molecular weight excluding hydrogens is 242 g/mol. The van der Waals surface area contributed by atoms with Gasteiger partial charge in [-0.15, -0.1) is 0 Å². The molecule has 0 fully saturated rings. The third-order valence-electron chi connectivity index (χ3n) is 3.23. The van der Waals surface area contributed by atoms with Crippen molar-refractivity contribution in [1.82, 2.24) is 0 Å². The van der Waals surface area contributed by atoms with Crippen LogP contribution >= 0.6 is 0 Å². The predicted molar refractivity (Wildman–Crippen MR) is 75.0 cm³/mol. The number of nitriles is 1. The lowest BCUT2D eigenvalue weighted by molar-refractivity contribution is 0.0602. The molecule has 5 nitrogen and oxygen atoms in total. The van der Waals surface area contributed by atoms with Gasteiger partial charge in [-0.25, -0.2) is 4.79 Å². The fourth-order valence-corrected chi connectivity index (χ4v) is 1.79. The van der Waals surface area contributed by atoms with Crippen molar-refractivity contribution < 1.29 is 9.53 Å². The summed E-state index contributed by atoms with van der Waals surface area (Å²) in [5.74, 6) is -0.455. The average molecular weight is 261 g/mol. The molecular formula is C14H19N3O2. The summed E-state index contributed by atoms with van der Waals surface area (Å²) in [6.07, 6.45) is 0.410. The van der Waals surface area contributed by atoms with Gasteiger partial charge in [-0.1, -0.05) is 0 Å². The maximum Gasteiger partial charge on any atom is 0.340 e. The summed E-state index contributed by atoms with van der Waals surface area (Å²) < 4.78 is 4.73. The van der Waals surface area contributed by atoms with E-state index in [0.29, 0.717) is 17.7 Å². The van der Waals surface area contributed by atoms with Crippen LogP contribution in [0, 0.1) is 18.3 Å². The number of anilines is 2. The van der Waals surface area contributed by atoms with Crippen molar-refractivity contribution >= 4 is 17.3 Å². The zero-order chi connectivity index (χ0) is 14.6. The number of hydrogen-bond acceptors (Lipinski definition) is 5. The number of nitrogens with zero attached hydrogens (tertiary/aromatic N) is 2. The number of methoxy groups -OCH3 is 1. The first-order chi connectivity index (χ1) is 8.92. The minimum Gasteiger partial charge on any atom is -0.465 e. The normalized spacial score (nSPS) is 11.5. The number of benzene rings is 1. The molecule has 0 bridgehead atoms. The van der Waals surface area contributed by atoms with Gasteiger partial charge >= 0.3 is 5.97 Å². The van der Waals surface area contributed by atoms with Crippen LogP contribution in [0.3, 0.4) is 0 Å². The number of carbonyl (C=O) groups is 1. The second-order valence-corrected chi connectivity index (χ2v) is 4.54. The van der Waals surface area contributed by atoms with Gasteiger partial charge in [0.2, 0.25) is 0 Å². The van der Waals surface area contributed by atoms with E-state index in [-0.39, 0.29) is 6.04 Å². The van der Waals surface area contributed by atoms with E-state index in [2.05, 4.69) is 6.07 Å². The van der Waals surface area contributed by atoms with Gasteiger partial charge in [0, 0.05) is 24.5 Å². The lowest BCUT2D eigenvalue weighted by atomic mass is 10.1. The Hall–Kier alpha value is -2.22. The van der Waals surface area contributed by atoms with Crippen LogP contribution in [0.2, 0.25) is 0 Å². The van der Waals surface area contributed by atoms with Gasteiger partial charge in [-0.2, -0.15) is 5.26 Å². The smallest absolute Gasteiger partial charge is 0.340 e. The Morgan fingerprint density at radius 1 is 1.58 bits per heavy atom. The lowest BCUT2D eigenvalue weighted by Gasteiger charge is -2.26. The van der Waals surface area contributed by atoms with Crippen molar-refractivity contribution in [3.8, 4) is 6.07 Å². The number of aryl methyl sites for hydroxylation is 1. The molecule has 0 spiro atoms. The molecule has 0 aliphatic heterocycles. The molecule has 1 unspecified atom stereocenters. The van der Waals surface area contributed by atoms with Gasteiger partial charge in [-0.05, 0) is 31.5 Å². The first-order valence-electron chi connectivity index (χ1n) is 6.00. The van der Waals surface area contributed by atoms with Gasteiger partial charge in [0.05, 0.1) is 25.2 Å². The zero-order valence-corrected chi connectivity index (χ0v) is 11.7. The van der Waals surface area contributed by atoms with Gasteiger partial charge in [0.1, 0.15) is 0 Å². The second-order valence-electron chi connectivity index (χ2n) is 4.54. The molecule has 2 N–H and O–H groups in total. The maximum atomic E-state index is 11.7. The first kappa shape index (κ1) is 14.8. The molecule has 0 amide bonds. The third kappa shape index (κ3) is 3.16. The van der Waals surface area contributed by atoms with E-state index in [9.17, 15) is 4.79 Å². The zero-order valence-electron chi connectivity index (χ0n) is 11.7. The summed E-state index contributed by atoms with van der Waals surface area (Å²) in [7, 11) is 3.21. The Labute approximate surface area is 113 Å². The molecule has 102 valence electrons. The van der Waals surface area contributed by atoms with Crippen LogP contribution < -0.4 is 10.6 Å². The molecule has 1 atom stereocenters. The number of nitrogens with two attached hydrogens (primary N) is 1. The summed E-state index contributed by atoms with van der Waals surface area (Å²) in [5.41, 5.74) is 8.33. The standard InChI is InChI=1S/C14H19N3O2/c1-9-7-11(17(3)10(2)5-6-15)8-12(13(9)16)14(18)19-4/h7-8,10H,5,16H2,1-4H3. The van der Waals surface area contributed by atoms with Crippen molar-refractivity contribution in [2.24, 2.45) is 0 Å². The van der Waals surface area contributed by atoms with Crippen molar-refractivity contribution in [1.29, 1.82) is 5.26 Å². The van der Waals surface area contributed by atoms with E-state index in [1.54, 1.807) is 6.07 Å². The fourth-order valence-electron chi connectivity index (χ4n) is 1.79. The number of esters is 1. The average Bonchev–Trinajstić information content (AvgIpc) is 2.40. The summed E-state index contributed by atoms with van der Waals surface area (Å²) in [6.45, 7) is 3.79. The van der Waals surface area contributed by atoms with Crippen molar-refractivity contribution in [2.75, 3.05) is 24.8 Å². The predicted octanol–water partition coefficient (Wildman–Crippen LogP) is 2.10. The number of ether oxygens (including phenoxy) is 1. The molecule has 0 aliphatic rings. The van der Waals surface area contributed by atoms with E-state index in [0.717, 1.165) is 11.3 Å². The lowest BCUT2D eigenvalue weighted by Crippen LogP contribution is -2.28. The number of carbonyl (C=O) groups excluding carboxylic acids is 1. The number of hydrogen-bond donors (Lipinski definition) is 1. The minimum absolute atomic E-state index is 0.0542. The molecule has 0 radical (unpaired) electrons. The summed E-state index contributed by atoms with van der Waals surface area (Å²) >= 11 is 0. The van der Waals surface area contributed by atoms with Crippen LogP contribution in [0.15, 0.2) is 12.1 Å². The van der Waals surface area contributed by atoms with E-state index in [1.165, 1.54) is 7.11 Å². The Balaban J connectivity index is 3.20. The van der Waals surface area contributed by atoms with Crippen LogP contribution in [-0.4, -0.2) is 26.2 Å². The number of nitrogen functional groups attached to an aromatic ring is 1. The van der Waals surface area contributed by atoms with E-state index in [1.807, 2.05) is 31.9 Å². The topological polar surface area (TPSA) is 79.3 Å². The third-order valence-corrected chi connectivity index (χ3v) is 3.23. The van der Waals surface area contributed by atoms with Crippen LogP contribution in [0.5, 0.6) is 0 Å². The molecule has 1 aromatic carbocycles. The monoisotopic (exact) mass is 261 g/mol. The molecule has 0 aromatic heterocycles. The van der Waals surface area contributed by atoms with Crippen molar-refractivity contribution in [3.05, 3.63) is 23.3 Å². The maximum absolute atomic E-state index is 11.7. The minimum atomic E-state index is -0.455. The van der Waals surface area contributed by atoms with Crippen LogP contribution in [0.4, 0.5) is 11.4 Å². The Morgan fingerprint density at radius 3 is 2.74 bits per heavy atom. The van der Waals surface area contributed by atoms with Crippen LogP contribution in [0.1, 0.15) is 29.3 Å². The Bertz CT molecular complexity index is 520. The molecule has 19 heavy (non-hydrogen) atoms. The highest BCUT2D eigenvalue weighted by Gasteiger charge is 2.17. The quantitative estimate of drug-likeness (QED) is 0.663. The highest BCUT2D eigenvalue weighted by Crippen LogP contribution is 2.26. The Morgan fingerprint density at radius 2 is 2.21 bits per heavy atom. The van der Waals surface area contributed by atoms with Crippen molar-refractivity contribution in [3.63, 3.8) is 0 Å². The fraction of sp³-hybridized carbons (Fsp3) is 0.429.